The van der Waals surface area contributed by atoms with Crippen LogP contribution in [0.25, 0.3) is 10.9 Å². The van der Waals surface area contributed by atoms with Gasteiger partial charge in [0.15, 0.2) is 5.60 Å². The molecule has 0 aliphatic carbocycles. The number of fused-ring (bicyclic) bond motifs is 1. The molecule has 1 aromatic carbocycles. The predicted octanol–water partition coefficient (Wildman–Crippen LogP) is 5.94. The van der Waals surface area contributed by atoms with Crippen molar-refractivity contribution in [3.05, 3.63) is 91.7 Å². The van der Waals surface area contributed by atoms with Crippen LogP contribution in [0.3, 0.4) is 0 Å². The summed E-state index contributed by atoms with van der Waals surface area (Å²) in [5, 5.41) is 13.2. The molecule has 0 aliphatic heterocycles. The van der Waals surface area contributed by atoms with E-state index in [9.17, 15) is 18.3 Å². The maximum absolute atomic E-state index is 13.2. The van der Waals surface area contributed by atoms with Gasteiger partial charge in [-0.15, -0.1) is 11.3 Å². The van der Waals surface area contributed by atoms with Gasteiger partial charge in [0.25, 0.3) is 0 Å². The summed E-state index contributed by atoms with van der Waals surface area (Å²) in [6, 6.07) is 7.71. The maximum atomic E-state index is 13.2. The van der Waals surface area contributed by atoms with Crippen molar-refractivity contribution < 1.29 is 23.0 Å². The van der Waals surface area contributed by atoms with Gasteiger partial charge in [0.05, 0.1) is 41.4 Å². The van der Waals surface area contributed by atoms with Crippen LogP contribution in [0.2, 0.25) is 5.02 Å². The molecule has 1 N–H and O–H groups in total. The molecule has 0 saturated carbocycles. The minimum Gasteiger partial charge on any atom is -0.481 e. The van der Waals surface area contributed by atoms with Crippen LogP contribution in [0, 0.1) is 13.8 Å². The van der Waals surface area contributed by atoms with Crippen LogP contribution < -0.4 is 4.74 Å². The number of hydrogen-bond acceptors (Lipinski definition) is 6. The van der Waals surface area contributed by atoms with E-state index in [0.29, 0.717) is 61.3 Å². The van der Waals surface area contributed by atoms with E-state index < -0.39 is 16.7 Å². The van der Waals surface area contributed by atoms with Crippen molar-refractivity contribution in [2.45, 2.75) is 32.0 Å². The minimum absolute atomic E-state index is 0.0992. The summed E-state index contributed by atoms with van der Waals surface area (Å²) in [7, 11) is 5.08. The van der Waals surface area contributed by atoms with Crippen molar-refractivity contribution in [2.24, 2.45) is 14.1 Å². The Morgan fingerprint density at radius 2 is 1.62 bits per heavy atom. The lowest BCUT2D eigenvalue weighted by molar-refractivity contribution is -0.134. The highest BCUT2D eigenvalue weighted by molar-refractivity contribution is 7.12. The topological polar surface area (TPSA) is 78.0 Å². The molecule has 204 valence electrons. The Balaban J connectivity index is 1.70. The molecule has 0 radical (unpaired) electrons. The fourth-order valence-corrected chi connectivity index (χ4v) is 5.88. The number of rotatable bonds is 6. The highest BCUT2D eigenvalue weighted by Gasteiger charge is 2.40. The van der Waals surface area contributed by atoms with E-state index in [4.69, 9.17) is 16.3 Å². The van der Waals surface area contributed by atoms with Gasteiger partial charge >= 0.3 is 6.18 Å². The summed E-state index contributed by atoms with van der Waals surface area (Å²) < 4.78 is 48.6. The van der Waals surface area contributed by atoms with Gasteiger partial charge in [-0.1, -0.05) is 17.7 Å². The SMILES string of the molecule is COc1nc2ccc(C(O)(c3cnc(C)n3C)c3cnc(C)n3C)cc2c(Cl)c1Cc1ccc(C(F)(F)F)s1. The molecule has 4 aromatic heterocycles. The first-order chi connectivity index (χ1) is 18.4. The standard InChI is InChI=1S/C27H25ClF3N5O2S/c1-14-32-12-21(35(14)3)26(37,22-13-33-15(2)36(22)4)16-6-8-20-18(10-16)24(28)19(25(34-20)38-5)11-17-7-9-23(39-17)27(29,30)31/h6-10,12-13,37H,11H2,1-5H3. The first kappa shape index (κ1) is 27.2. The fourth-order valence-electron chi connectivity index (χ4n) is 4.69. The highest BCUT2D eigenvalue weighted by atomic mass is 35.5. The number of hydrogen-bond donors (Lipinski definition) is 1. The van der Waals surface area contributed by atoms with Crippen molar-refractivity contribution in [3.63, 3.8) is 0 Å². The normalized spacial score (nSPS) is 12.5. The number of benzene rings is 1. The Morgan fingerprint density at radius 1 is 1.00 bits per heavy atom. The number of thiophene rings is 1. The van der Waals surface area contributed by atoms with E-state index in [0.717, 1.165) is 6.07 Å². The third-order valence-electron chi connectivity index (χ3n) is 7.06. The lowest BCUT2D eigenvalue weighted by Gasteiger charge is -2.30. The molecule has 0 aliphatic rings. The van der Waals surface area contributed by atoms with Gasteiger partial charge in [-0.05, 0) is 43.7 Å². The molecule has 12 heteroatoms. The number of halogens is 4. The molecule has 0 bridgehead atoms. The average molecular weight is 576 g/mol. The molecule has 5 rings (SSSR count). The molecule has 0 amide bonds. The highest BCUT2D eigenvalue weighted by Crippen LogP contribution is 2.42. The lowest BCUT2D eigenvalue weighted by atomic mass is 9.86. The van der Waals surface area contributed by atoms with E-state index in [1.54, 1.807) is 39.7 Å². The maximum Gasteiger partial charge on any atom is 0.425 e. The van der Waals surface area contributed by atoms with Gasteiger partial charge in [0.1, 0.15) is 16.5 Å². The third kappa shape index (κ3) is 4.48. The van der Waals surface area contributed by atoms with Gasteiger partial charge < -0.3 is 19.0 Å². The summed E-state index contributed by atoms with van der Waals surface area (Å²) in [4.78, 5) is 13.1. The predicted molar refractivity (Wildman–Crippen MR) is 143 cm³/mol. The van der Waals surface area contributed by atoms with E-state index in [2.05, 4.69) is 15.0 Å². The number of alkyl halides is 3. The van der Waals surface area contributed by atoms with Crippen LogP contribution >= 0.6 is 22.9 Å². The van der Waals surface area contributed by atoms with Crippen molar-refractivity contribution in [2.75, 3.05) is 7.11 Å². The van der Waals surface area contributed by atoms with Crippen LogP contribution in [0.1, 0.15) is 43.9 Å². The van der Waals surface area contributed by atoms with E-state index >= 15 is 0 Å². The van der Waals surface area contributed by atoms with Crippen molar-refractivity contribution in [1.82, 2.24) is 24.1 Å². The number of aryl methyl sites for hydroxylation is 2. The molecule has 0 spiro atoms. The van der Waals surface area contributed by atoms with Crippen molar-refractivity contribution in [1.29, 1.82) is 0 Å². The minimum atomic E-state index is -4.42. The Bertz CT molecular complexity index is 1660. The number of nitrogens with zero attached hydrogens (tertiary/aromatic N) is 5. The molecule has 0 fully saturated rings. The zero-order chi connectivity index (χ0) is 28.3. The van der Waals surface area contributed by atoms with Crippen LogP contribution in [-0.2, 0) is 32.3 Å². The van der Waals surface area contributed by atoms with Gasteiger partial charge in [-0.2, -0.15) is 13.2 Å². The molecular formula is C27H25ClF3N5O2S. The molecular weight excluding hydrogens is 551 g/mol. The molecule has 7 nitrogen and oxygen atoms in total. The van der Waals surface area contributed by atoms with E-state index in [1.165, 1.54) is 13.2 Å². The Morgan fingerprint density at radius 3 is 2.10 bits per heavy atom. The number of ether oxygens (including phenoxy) is 1. The van der Waals surface area contributed by atoms with Crippen molar-refractivity contribution in [3.8, 4) is 5.88 Å². The molecule has 0 atom stereocenters. The quantitative estimate of drug-likeness (QED) is 0.271. The lowest BCUT2D eigenvalue weighted by Crippen LogP contribution is -2.33. The number of methoxy groups -OCH3 is 1. The molecule has 0 unspecified atom stereocenters. The number of pyridine rings is 1. The second-order valence-corrected chi connectivity index (χ2v) is 10.8. The van der Waals surface area contributed by atoms with Gasteiger partial charge in [-0.3, -0.25) is 0 Å². The Hall–Kier alpha value is -3.41. The second-order valence-electron chi connectivity index (χ2n) is 9.30. The third-order valence-corrected chi connectivity index (χ3v) is 8.63. The smallest absolute Gasteiger partial charge is 0.425 e. The Kier molecular flexibility index (Phi) is 6.72. The van der Waals surface area contributed by atoms with Gasteiger partial charge in [0.2, 0.25) is 5.88 Å². The summed E-state index contributed by atoms with van der Waals surface area (Å²) >= 11 is 7.55. The molecule has 39 heavy (non-hydrogen) atoms. The average Bonchev–Trinajstić information content (AvgIpc) is 3.60. The largest absolute Gasteiger partial charge is 0.481 e. The summed E-state index contributed by atoms with van der Waals surface area (Å²) in [6.07, 6.45) is -1.08. The van der Waals surface area contributed by atoms with Crippen molar-refractivity contribution >= 4 is 33.8 Å². The number of aliphatic hydroxyl groups is 1. The second kappa shape index (κ2) is 9.65. The molecule has 5 aromatic rings. The first-order valence-corrected chi connectivity index (χ1v) is 13.1. The van der Waals surface area contributed by atoms with E-state index in [1.807, 2.05) is 27.9 Å². The number of aromatic nitrogens is 5. The van der Waals surface area contributed by atoms with Crippen LogP contribution in [0.4, 0.5) is 13.2 Å². The zero-order valence-electron chi connectivity index (χ0n) is 21.8. The molecule has 0 saturated heterocycles. The van der Waals surface area contributed by atoms with E-state index in [-0.39, 0.29) is 17.3 Å². The fraction of sp³-hybridized carbons (Fsp3) is 0.296. The monoisotopic (exact) mass is 575 g/mol. The zero-order valence-corrected chi connectivity index (χ0v) is 23.3. The van der Waals surface area contributed by atoms with Crippen LogP contribution in [0.5, 0.6) is 5.88 Å². The summed E-state index contributed by atoms with van der Waals surface area (Å²) in [5.74, 6) is 1.65. The summed E-state index contributed by atoms with van der Waals surface area (Å²) in [6.45, 7) is 3.68. The van der Waals surface area contributed by atoms with Gasteiger partial charge in [0, 0.05) is 36.3 Å². The number of imidazole rings is 2. The summed E-state index contributed by atoms with van der Waals surface area (Å²) in [5.41, 5.74) is 0.860. The van der Waals surface area contributed by atoms with Crippen LogP contribution in [0.15, 0.2) is 42.7 Å². The van der Waals surface area contributed by atoms with Crippen LogP contribution in [-0.4, -0.2) is 36.3 Å². The van der Waals surface area contributed by atoms with Gasteiger partial charge in [-0.25, -0.2) is 15.0 Å². The first-order valence-electron chi connectivity index (χ1n) is 11.9. The Labute approximate surface area is 231 Å². The molecule has 4 heterocycles.